The molecule has 1 aromatic carbocycles. The van der Waals surface area contributed by atoms with E-state index in [2.05, 4.69) is 20.8 Å². The Morgan fingerprint density at radius 3 is 2.54 bits per heavy atom. The molecule has 1 amide bonds. The lowest BCUT2D eigenvalue weighted by Gasteiger charge is -2.16. The molecule has 0 aliphatic heterocycles. The summed E-state index contributed by atoms with van der Waals surface area (Å²) in [5.41, 5.74) is 1.96. The Balaban J connectivity index is 1.70. The number of hydrogen-bond acceptors (Lipinski definition) is 6. The summed E-state index contributed by atoms with van der Waals surface area (Å²) in [4.78, 5) is 27.4. The number of carboxylic acid groups (broad SMARTS) is 1. The van der Waals surface area contributed by atoms with Gasteiger partial charge in [-0.25, -0.2) is 4.39 Å². The van der Waals surface area contributed by atoms with Crippen molar-refractivity contribution in [1.82, 2.24) is 15.5 Å². The third-order valence-electron chi connectivity index (χ3n) is 3.90. The Hall–Kier alpha value is -3.59. The van der Waals surface area contributed by atoms with E-state index in [4.69, 9.17) is 9.63 Å². The monoisotopic (exact) mass is 384 g/mol. The van der Waals surface area contributed by atoms with Crippen LogP contribution in [0.2, 0.25) is 0 Å². The van der Waals surface area contributed by atoms with Gasteiger partial charge in [-0.05, 0) is 36.2 Å². The average Bonchev–Trinajstić information content (AvgIpc) is 3.15. The van der Waals surface area contributed by atoms with Crippen LogP contribution in [-0.4, -0.2) is 39.7 Å². The van der Waals surface area contributed by atoms with Crippen molar-refractivity contribution < 1.29 is 23.6 Å². The molecule has 9 heteroatoms. The van der Waals surface area contributed by atoms with Gasteiger partial charge in [0.1, 0.15) is 11.5 Å². The summed E-state index contributed by atoms with van der Waals surface area (Å²) in [5, 5.41) is 18.0. The van der Waals surface area contributed by atoms with Gasteiger partial charge in [0.15, 0.2) is 0 Å². The maximum Gasteiger partial charge on any atom is 0.317 e. The predicted molar refractivity (Wildman–Crippen MR) is 97.9 cm³/mol. The highest BCUT2D eigenvalue weighted by molar-refractivity contribution is 5.94. The minimum absolute atomic E-state index is 0.123. The van der Waals surface area contributed by atoms with Crippen molar-refractivity contribution >= 4 is 17.8 Å². The Morgan fingerprint density at radius 1 is 1.14 bits per heavy atom. The van der Waals surface area contributed by atoms with E-state index in [1.54, 1.807) is 30.6 Å². The summed E-state index contributed by atoms with van der Waals surface area (Å²) in [7, 11) is 0. The zero-order valence-electron chi connectivity index (χ0n) is 14.6. The van der Waals surface area contributed by atoms with Gasteiger partial charge >= 0.3 is 5.97 Å². The lowest BCUT2D eigenvalue weighted by atomic mass is 10.1. The number of carbonyl (C=O) groups excluding carboxylic acids is 1. The molecular weight excluding hydrogens is 367 g/mol. The van der Waals surface area contributed by atoms with Gasteiger partial charge < -0.3 is 9.63 Å². The van der Waals surface area contributed by atoms with E-state index in [1.165, 1.54) is 24.3 Å². The molecular formula is C19H17FN4O4. The van der Waals surface area contributed by atoms with Crippen molar-refractivity contribution in [3.05, 3.63) is 66.2 Å². The summed E-state index contributed by atoms with van der Waals surface area (Å²) in [6, 6.07) is 9.81. The summed E-state index contributed by atoms with van der Waals surface area (Å²) >= 11 is 0. The van der Waals surface area contributed by atoms with E-state index < -0.39 is 30.3 Å². The quantitative estimate of drug-likeness (QED) is 0.544. The van der Waals surface area contributed by atoms with Crippen LogP contribution in [0.1, 0.15) is 5.56 Å². The molecule has 0 spiro atoms. The van der Waals surface area contributed by atoms with Gasteiger partial charge in [-0.15, -0.1) is 0 Å². The van der Waals surface area contributed by atoms with E-state index in [0.717, 1.165) is 5.56 Å². The van der Waals surface area contributed by atoms with Crippen LogP contribution >= 0.6 is 0 Å². The number of carboxylic acids is 1. The minimum Gasteiger partial charge on any atom is -0.480 e. The van der Waals surface area contributed by atoms with Crippen molar-refractivity contribution in [2.24, 2.45) is 0 Å². The lowest BCUT2D eigenvalue weighted by Crippen LogP contribution is -2.44. The number of rotatable bonds is 8. The predicted octanol–water partition coefficient (Wildman–Crippen LogP) is 2.10. The van der Waals surface area contributed by atoms with Crippen molar-refractivity contribution in [2.45, 2.75) is 12.5 Å². The highest BCUT2D eigenvalue weighted by atomic mass is 19.1. The van der Waals surface area contributed by atoms with E-state index >= 15 is 0 Å². The maximum absolute atomic E-state index is 13.1. The summed E-state index contributed by atoms with van der Waals surface area (Å²) in [6.45, 7) is -0.405. The van der Waals surface area contributed by atoms with Gasteiger partial charge in [0.2, 0.25) is 11.8 Å². The second-order valence-electron chi connectivity index (χ2n) is 5.96. The van der Waals surface area contributed by atoms with E-state index in [0.29, 0.717) is 11.3 Å². The molecule has 2 heterocycles. The largest absolute Gasteiger partial charge is 0.480 e. The highest BCUT2D eigenvalue weighted by Gasteiger charge is 2.21. The van der Waals surface area contributed by atoms with Crippen LogP contribution in [0.3, 0.4) is 0 Å². The van der Waals surface area contributed by atoms with Crippen molar-refractivity contribution in [2.75, 3.05) is 11.9 Å². The van der Waals surface area contributed by atoms with Crippen LogP contribution in [0.15, 0.2) is 59.4 Å². The Kier molecular flexibility index (Phi) is 6.07. The molecule has 0 fully saturated rings. The highest BCUT2D eigenvalue weighted by Crippen LogP contribution is 2.21. The molecule has 0 saturated heterocycles. The van der Waals surface area contributed by atoms with Gasteiger partial charge in [-0.1, -0.05) is 17.3 Å². The molecule has 2 aromatic heterocycles. The first kappa shape index (κ1) is 19.2. The molecule has 0 bridgehead atoms. The molecule has 8 nitrogen and oxygen atoms in total. The van der Waals surface area contributed by atoms with Crippen LogP contribution in [0.25, 0.3) is 11.3 Å². The van der Waals surface area contributed by atoms with Crippen LogP contribution in [0.5, 0.6) is 0 Å². The molecule has 0 saturated carbocycles. The fourth-order valence-corrected chi connectivity index (χ4v) is 2.53. The first-order valence-electron chi connectivity index (χ1n) is 8.39. The number of aromatic nitrogens is 2. The smallest absolute Gasteiger partial charge is 0.317 e. The molecule has 144 valence electrons. The Morgan fingerprint density at radius 2 is 1.86 bits per heavy atom. The zero-order chi connectivity index (χ0) is 19.9. The fraction of sp³-hybridized carbons (Fsp3) is 0.158. The fourth-order valence-electron chi connectivity index (χ4n) is 2.53. The molecule has 28 heavy (non-hydrogen) atoms. The SMILES string of the molecule is O=C(O)CN[C@@H](Cc1ccc(F)cc1)C(=O)Nc1cc(-c2ccncc2)no1. The van der Waals surface area contributed by atoms with Gasteiger partial charge in [-0.3, -0.25) is 25.2 Å². The number of nitrogens with one attached hydrogen (secondary N) is 2. The van der Waals surface area contributed by atoms with Crippen molar-refractivity contribution in [3.8, 4) is 11.3 Å². The van der Waals surface area contributed by atoms with Crippen LogP contribution in [0, 0.1) is 5.82 Å². The van der Waals surface area contributed by atoms with Crippen LogP contribution < -0.4 is 10.6 Å². The van der Waals surface area contributed by atoms with Gasteiger partial charge in [0.05, 0.1) is 12.6 Å². The van der Waals surface area contributed by atoms with Crippen LogP contribution in [0.4, 0.5) is 10.3 Å². The number of anilines is 1. The summed E-state index contributed by atoms with van der Waals surface area (Å²) < 4.78 is 18.2. The lowest BCUT2D eigenvalue weighted by molar-refractivity contribution is -0.136. The number of pyridine rings is 1. The number of halogens is 1. The number of aliphatic carboxylic acids is 1. The summed E-state index contributed by atoms with van der Waals surface area (Å²) in [6.07, 6.45) is 3.39. The molecule has 0 unspecified atom stereocenters. The second kappa shape index (κ2) is 8.87. The third-order valence-corrected chi connectivity index (χ3v) is 3.90. The number of hydrogen-bond donors (Lipinski definition) is 3. The molecule has 3 N–H and O–H groups in total. The molecule has 3 aromatic rings. The van der Waals surface area contributed by atoms with Crippen molar-refractivity contribution in [1.29, 1.82) is 0 Å². The number of carbonyl (C=O) groups is 2. The topological polar surface area (TPSA) is 117 Å². The number of benzene rings is 1. The molecule has 3 rings (SSSR count). The van der Waals surface area contributed by atoms with Crippen LogP contribution in [-0.2, 0) is 16.0 Å². The molecule has 1 atom stereocenters. The molecule has 0 aliphatic rings. The molecule has 0 aliphatic carbocycles. The second-order valence-corrected chi connectivity index (χ2v) is 5.96. The normalized spacial score (nSPS) is 11.8. The Labute approximate surface area is 159 Å². The van der Waals surface area contributed by atoms with E-state index in [9.17, 15) is 14.0 Å². The van der Waals surface area contributed by atoms with Gasteiger partial charge in [-0.2, -0.15) is 0 Å². The standard InChI is InChI=1S/C19H17FN4O4/c20-14-3-1-12(2-4-14)9-16(22-11-18(25)26)19(27)23-17-10-15(24-28-17)13-5-7-21-8-6-13/h1-8,10,16,22H,9,11H2,(H,23,27)(H,25,26)/t16-/m0/s1. The first-order valence-corrected chi connectivity index (χ1v) is 8.39. The maximum atomic E-state index is 13.1. The van der Waals surface area contributed by atoms with E-state index in [1.807, 2.05) is 0 Å². The number of amides is 1. The van der Waals surface area contributed by atoms with Gasteiger partial charge in [0, 0.05) is 24.0 Å². The third kappa shape index (κ3) is 5.21. The first-order chi connectivity index (χ1) is 13.5. The van der Waals surface area contributed by atoms with Crippen molar-refractivity contribution in [3.63, 3.8) is 0 Å². The molecule has 0 radical (unpaired) electrons. The average molecular weight is 384 g/mol. The minimum atomic E-state index is -1.10. The summed E-state index contributed by atoms with van der Waals surface area (Å²) in [5.74, 6) is -1.87. The van der Waals surface area contributed by atoms with Gasteiger partial charge in [0.25, 0.3) is 0 Å². The Bertz CT molecular complexity index is 944. The zero-order valence-corrected chi connectivity index (χ0v) is 14.6. The number of nitrogens with zero attached hydrogens (tertiary/aromatic N) is 2. The van der Waals surface area contributed by atoms with E-state index in [-0.39, 0.29) is 12.3 Å².